The van der Waals surface area contributed by atoms with Crippen LogP contribution in [0.15, 0.2) is 42.5 Å². The summed E-state index contributed by atoms with van der Waals surface area (Å²) in [4.78, 5) is 23.2. The van der Waals surface area contributed by atoms with Gasteiger partial charge in [-0.15, -0.1) is 0 Å². The lowest BCUT2D eigenvalue weighted by Crippen LogP contribution is -2.30. The first-order valence-corrected chi connectivity index (χ1v) is 8.76. The number of amides is 2. The predicted molar refractivity (Wildman–Crippen MR) is 104 cm³/mol. The molecular weight excluding hydrogens is 364 g/mol. The second-order valence-corrected chi connectivity index (χ2v) is 5.63. The van der Waals surface area contributed by atoms with Crippen LogP contribution >= 0.6 is 0 Å². The Bertz CT molecular complexity index is 792. The van der Waals surface area contributed by atoms with E-state index in [1.165, 1.54) is 0 Å². The van der Waals surface area contributed by atoms with Crippen LogP contribution < -0.4 is 24.8 Å². The zero-order valence-corrected chi connectivity index (χ0v) is 16.1. The van der Waals surface area contributed by atoms with Gasteiger partial charge in [0.25, 0.3) is 0 Å². The Labute approximate surface area is 163 Å². The number of ether oxygens (including phenoxy) is 4. The van der Waals surface area contributed by atoms with Crippen LogP contribution in [0.4, 0.5) is 15.3 Å². The van der Waals surface area contributed by atoms with Crippen LogP contribution in [0.25, 0.3) is 0 Å². The highest BCUT2D eigenvalue weighted by Gasteiger charge is 2.07. The Morgan fingerprint density at radius 2 is 1.68 bits per heavy atom. The molecule has 2 N–H and O–H groups in total. The summed E-state index contributed by atoms with van der Waals surface area (Å²) < 4.78 is 20.1. The van der Waals surface area contributed by atoms with E-state index in [2.05, 4.69) is 10.6 Å². The van der Waals surface area contributed by atoms with Gasteiger partial charge in [0.15, 0.2) is 11.5 Å². The number of urea groups is 1. The topological polar surface area (TPSA) is 95.1 Å². The van der Waals surface area contributed by atoms with Crippen molar-refractivity contribution in [2.75, 3.05) is 32.7 Å². The molecule has 0 fully saturated rings. The van der Waals surface area contributed by atoms with Crippen LogP contribution in [0.3, 0.4) is 0 Å². The molecule has 0 unspecified atom stereocenters. The SMILES string of the molecule is CCOC(=O)Oc1ccc(NC(=O)NCCc2ccc(OC)c(OC)c2)cc1. The van der Waals surface area contributed by atoms with E-state index in [-0.39, 0.29) is 12.6 Å². The smallest absolute Gasteiger partial charge is 0.493 e. The third-order valence-corrected chi connectivity index (χ3v) is 3.72. The molecule has 0 aliphatic rings. The summed E-state index contributed by atoms with van der Waals surface area (Å²) in [7, 11) is 3.16. The molecule has 2 rings (SSSR count). The maximum Gasteiger partial charge on any atom is 0.513 e. The van der Waals surface area contributed by atoms with E-state index in [4.69, 9.17) is 18.9 Å². The van der Waals surface area contributed by atoms with Gasteiger partial charge in [0, 0.05) is 12.2 Å². The van der Waals surface area contributed by atoms with Gasteiger partial charge in [0.05, 0.1) is 20.8 Å². The third-order valence-electron chi connectivity index (χ3n) is 3.72. The minimum absolute atomic E-state index is 0.238. The van der Waals surface area contributed by atoms with Gasteiger partial charge in [-0.05, 0) is 55.3 Å². The Hall–Kier alpha value is -3.42. The molecule has 0 spiro atoms. The van der Waals surface area contributed by atoms with Gasteiger partial charge >= 0.3 is 12.2 Å². The molecule has 8 nitrogen and oxygen atoms in total. The van der Waals surface area contributed by atoms with Crippen molar-refractivity contribution >= 4 is 17.9 Å². The zero-order chi connectivity index (χ0) is 20.4. The lowest BCUT2D eigenvalue weighted by Gasteiger charge is -2.11. The molecule has 0 bridgehead atoms. The molecule has 0 atom stereocenters. The van der Waals surface area contributed by atoms with Crippen molar-refractivity contribution in [1.29, 1.82) is 0 Å². The number of hydrogen-bond donors (Lipinski definition) is 2. The average Bonchev–Trinajstić information content (AvgIpc) is 2.69. The molecule has 150 valence electrons. The summed E-state index contributed by atoms with van der Waals surface area (Å²) in [5.41, 5.74) is 1.58. The quantitative estimate of drug-likeness (QED) is 0.530. The fourth-order valence-corrected chi connectivity index (χ4v) is 2.38. The van der Waals surface area contributed by atoms with E-state index in [9.17, 15) is 9.59 Å². The van der Waals surface area contributed by atoms with Crippen molar-refractivity contribution in [3.63, 3.8) is 0 Å². The van der Waals surface area contributed by atoms with E-state index in [0.29, 0.717) is 35.9 Å². The highest BCUT2D eigenvalue weighted by Crippen LogP contribution is 2.27. The molecule has 0 saturated carbocycles. The van der Waals surface area contributed by atoms with Gasteiger partial charge in [0.2, 0.25) is 0 Å². The average molecular weight is 388 g/mol. The van der Waals surface area contributed by atoms with Crippen molar-refractivity contribution < 1.29 is 28.5 Å². The number of rotatable bonds is 8. The van der Waals surface area contributed by atoms with Gasteiger partial charge in [-0.1, -0.05) is 6.07 Å². The van der Waals surface area contributed by atoms with Gasteiger partial charge < -0.3 is 29.6 Å². The summed E-state index contributed by atoms with van der Waals surface area (Å²) in [6.07, 6.45) is -0.129. The molecule has 2 aromatic rings. The predicted octanol–water partition coefficient (Wildman–Crippen LogP) is 3.60. The summed E-state index contributed by atoms with van der Waals surface area (Å²) in [5.74, 6) is 1.64. The van der Waals surface area contributed by atoms with Gasteiger partial charge in [-0.2, -0.15) is 0 Å². The first-order chi connectivity index (χ1) is 13.5. The standard InChI is InChI=1S/C20H24N2O6/c1-4-27-20(24)28-16-8-6-15(7-9-16)22-19(23)21-12-11-14-5-10-17(25-2)18(13-14)26-3/h5-10,13H,4,11-12H2,1-3H3,(H2,21,22,23). The Balaban J connectivity index is 1.79. The second-order valence-electron chi connectivity index (χ2n) is 5.63. The van der Waals surface area contributed by atoms with Gasteiger partial charge in [-0.3, -0.25) is 0 Å². The van der Waals surface area contributed by atoms with Crippen molar-refractivity contribution in [2.24, 2.45) is 0 Å². The largest absolute Gasteiger partial charge is 0.513 e. The van der Waals surface area contributed by atoms with Crippen LogP contribution in [0.1, 0.15) is 12.5 Å². The first kappa shape index (κ1) is 20.9. The fraction of sp³-hybridized carbons (Fsp3) is 0.300. The lowest BCUT2D eigenvalue weighted by atomic mass is 10.1. The molecular formula is C20H24N2O6. The van der Waals surface area contributed by atoms with Crippen LogP contribution in [-0.4, -0.2) is 39.6 Å². The monoisotopic (exact) mass is 388 g/mol. The number of anilines is 1. The van der Waals surface area contributed by atoms with E-state index in [1.54, 1.807) is 45.4 Å². The Kier molecular flexibility index (Phi) is 7.95. The van der Waals surface area contributed by atoms with Gasteiger partial charge in [-0.25, -0.2) is 9.59 Å². The van der Waals surface area contributed by atoms with Crippen LogP contribution in [-0.2, 0) is 11.2 Å². The second kappa shape index (κ2) is 10.7. The maximum atomic E-state index is 12.0. The molecule has 28 heavy (non-hydrogen) atoms. The molecule has 0 aromatic heterocycles. The molecule has 8 heteroatoms. The minimum Gasteiger partial charge on any atom is -0.493 e. The van der Waals surface area contributed by atoms with Crippen molar-refractivity contribution in [1.82, 2.24) is 5.32 Å². The van der Waals surface area contributed by atoms with Gasteiger partial charge in [0.1, 0.15) is 5.75 Å². The number of carbonyl (C=O) groups is 2. The molecule has 0 heterocycles. The molecule has 2 aromatic carbocycles. The van der Waals surface area contributed by atoms with Crippen LogP contribution in [0.2, 0.25) is 0 Å². The van der Waals surface area contributed by atoms with E-state index >= 15 is 0 Å². The molecule has 0 radical (unpaired) electrons. The minimum atomic E-state index is -0.767. The molecule has 0 saturated heterocycles. The molecule has 2 amide bonds. The molecule has 0 aliphatic heterocycles. The molecule has 0 aliphatic carbocycles. The fourth-order valence-electron chi connectivity index (χ4n) is 2.38. The van der Waals surface area contributed by atoms with Crippen LogP contribution in [0.5, 0.6) is 17.2 Å². The third kappa shape index (κ3) is 6.39. The number of nitrogens with one attached hydrogen (secondary N) is 2. The summed E-state index contributed by atoms with van der Waals surface area (Å²) in [5, 5.41) is 5.49. The van der Waals surface area contributed by atoms with Crippen molar-refractivity contribution in [2.45, 2.75) is 13.3 Å². The number of methoxy groups -OCH3 is 2. The Morgan fingerprint density at radius 3 is 2.32 bits per heavy atom. The number of hydrogen-bond acceptors (Lipinski definition) is 6. The van der Waals surface area contributed by atoms with E-state index in [0.717, 1.165) is 5.56 Å². The Morgan fingerprint density at radius 1 is 0.964 bits per heavy atom. The lowest BCUT2D eigenvalue weighted by molar-refractivity contribution is 0.104. The normalized spacial score (nSPS) is 9.96. The van der Waals surface area contributed by atoms with Crippen molar-refractivity contribution in [3.8, 4) is 17.2 Å². The van der Waals surface area contributed by atoms with Crippen molar-refractivity contribution in [3.05, 3.63) is 48.0 Å². The summed E-state index contributed by atoms with van der Waals surface area (Å²) >= 11 is 0. The highest BCUT2D eigenvalue weighted by molar-refractivity contribution is 5.89. The zero-order valence-electron chi connectivity index (χ0n) is 16.1. The highest BCUT2D eigenvalue weighted by atomic mass is 16.7. The summed E-state index contributed by atoms with van der Waals surface area (Å²) in [6.45, 7) is 2.38. The maximum absolute atomic E-state index is 12.0. The van der Waals surface area contributed by atoms with E-state index in [1.807, 2.05) is 18.2 Å². The first-order valence-electron chi connectivity index (χ1n) is 8.76. The van der Waals surface area contributed by atoms with E-state index < -0.39 is 6.16 Å². The number of carbonyl (C=O) groups excluding carboxylic acids is 2. The number of benzene rings is 2. The van der Waals surface area contributed by atoms with Crippen LogP contribution in [0, 0.1) is 0 Å². The summed E-state index contributed by atoms with van der Waals surface area (Å²) in [6, 6.07) is 11.7.